The molecule has 9 heteroatoms. The molecule has 0 N–H and O–H groups in total. The summed E-state index contributed by atoms with van der Waals surface area (Å²) in [5, 5.41) is 0.131. The molecule has 134 valence electrons. The van der Waals surface area contributed by atoms with E-state index in [0.29, 0.717) is 13.1 Å². The van der Waals surface area contributed by atoms with Crippen LogP contribution in [0.3, 0.4) is 0 Å². The van der Waals surface area contributed by atoms with Crippen molar-refractivity contribution in [3.8, 4) is 0 Å². The third-order valence-electron chi connectivity index (χ3n) is 5.19. The molecule has 25 heavy (non-hydrogen) atoms. The summed E-state index contributed by atoms with van der Waals surface area (Å²) < 4.78 is 28.9. The topological polar surface area (TPSA) is 84.2 Å². The molecule has 0 amide bonds. The van der Waals surface area contributed by atoms with Crippen LogP contribution in [0, 0.1) is 5.41 Å². The maximum absolute atomic E-state index is 12.8. The molecule has 2 aliphatic rings. The molecule has 0 saturated carbocycles. The standard InChI is InChI=1S/C16H22N6O2S/c1-20-10-14(19-13-20)25(23,24)22-9-5-16(12-22)4-2-8-21(11-16)15-17-6-3-7-18-15/h3,6-7,10,13H,2,4-5,8-9,11-12H2,1H3/t16-/m1/s1. The molecule has 0 aliphatic carbocycles. The second-order valence-corrected chi connectivity index (χ2v) is 8.92. The average molecular weight is 362 g/mol. The zero-order valence-electron chi connectivity index (χ0n) is 14.2. The predicted molar refractivity (Wildman–Crippen MR) is 92.5 cm³/mol. The molecule has 8 nitrogen and oxygen atoms in total. The monoisotopic (exact) mass is 362 g/mol. The predicted octanol–water partition coefficient (Wildman–Crippen LogP) is 0.891. The first kappa shape index (κ1) is 16.5. The van der Waals surface area contributed by atoms with Crippen LogP contribution in [-0.4, -0.2) is 58.4 Å². The summed E-state index contributed by atoms with van der Waals surface area (Å²) in [4.78, 5) is 14.9. The van der Waals surface area contributed by atoms with Gasteiger partial charge in [0.05, 0.1) is 6.33 Å². The summed E-state index contributed by atoms with van der Waals surface area (Å²) in [7, 11) is -1.75. The summed E-state index contributed by atoms with van der Waals surface area (Å²) in [6.07, 6.45) is 9.49. The molecule has 0 bridgehead atoms. The maximum atomic E-state index is 12.8. The van der Waals surface area contributed by atoms with Gasteiger partial charge in [0.25, 0.3) is 10.0 Å². The summed E-state index contributed by atoms with van der Waals surface area (Å²) in [6, 6.07) is 1.81. The van der Waals surface area contributed by atoms with Crippen LogP contribution in [0.4, 0.5) is 5.95 Å². The summed E-state index contributed by atoms with van der Waals surface area (Å²) in [6.45, 7) is 2.79. The van der Waals surface area contributed by atoms with Gasteiger partial charge >= 0.3 is 0 Å². The molecule has 1 atom stereocenters. The fraction of sp³-hybridized carbons (Fsp3) is 0.562. The molecule has 0 aromatic carbocycles. The Hall–Kier alpha value is -2.00. The van der Waals surface area contributed by atoms with Crippen molar-refractivity contribution < 1.29 is 8.42 Å². The van der Waals surface area contributed by atoms with E-state index < -0.39 is 10.0 Å². The van der Waals surface area contributed by atoms with Crippen LogP contribution in [0.1, 0.15) is 19.3 Å². The van der Waals surface area contributed by atoms with Crippen LogP contribution >= 0.6 is 0 Å². The Morgan fingerprint density at radius 2 is 1.88 bits per heavy atom. The van der Waals surface area contributed by atoms with E-state index in [0.717, 1.165) is 38.3 Å². The van der Waals surface area contributed by atoms with Crippen molar-refractivity contribution in [2.24, 2.45) is 12.5 Å². The van der Waals surface area contributed by atoms with Crippen molar-refractivity contribution >= 4 is 16.0 Å². The number of nitrogens with zero attached hydrogens (tertiary/aromatic N) is 6. The molecule has 4 heterocycles. The van der Waals surface area contributed by atoms with Crippen molar-refractivity contribution in [3.63, 3.8) is 0 Å². The minimum atomic E-state index is -3.52. The Balaban J connectivity index is 1.53. The Morgan fingerprint density at radius 1 is 1.08 bits per heavy atom. The lowest BCUT2D eigenvalue weighted by Gasteiger charge is -2.40. The van der Waals surface area contributed by atoms with Gasteiger partial charge in [-0.25, -0.2) is 23.4 Å². The van der Waals surface area contributed by atoms with E-state index in [1.807, 2.05) is 0 Å². The second kappa shape index (κ2) is 6.06. The summed E-state index contributed by atoms with van der Waals surface area (Å²) >= 11 is 0. The normalized spacial score (nSPS) is 24.9. The quantitative estimate of drug-likeness (QED) is 0.806. The zero-order valence-corrected chi connectivity index (χ0v) is 15.1. The highest BCUT2D eigenvalue weighted by Crippen LogP contribution is 2.41. The lowest BCUT2D eigenvalue weighted by molar-refractivity contribution is 0.246. The molecule has 2 aromatic heterocycles. The molecule has 2 aliphatic heterocycles. The van der Waals surface area contributed by atoms with Gasteiger partial charge in [0.15, 0.2) is 5.03 Å². The minimum Gasteiger partial charge on any atom is -0.340 e. The van der Waals surface area contributed by atoms with E-state index in [-0.39, 0.29) is 10.4 Å². The number of rotatable bonds is 3. The summed E-state index contributed by atoms with van der Waals surface area (Å²) in [5.74, 6) is 0.729. The third kappa shape index (κ3) is 3.02. The largest absolute Gasteiger partial charge is 0.340 e. The molecule has 4 rings (SSSR count). The Morgan fingerprint density at radius 3 is 2.60 bits per heavy atom. The second-order valence-electron chi connectivity index (χ2n) is 7.04. The number of piperidine rings is 1. The van der Waals surface area contributed by atoms with E-state index in [1.165, 1.54) is 6.33 Å². The van der Waals surface area contributed by atoms with Gasteiger partial charge in [0, 0.05) is 57.2 Å². The van der Waals surface area contributed by atoms with Crippen LogP contribution in [0.5, 0.6) is 0 Å². The molecule has 1 spiro atoms. The fourth-order valence-electron chi connectivity index (χ4n) is 3.92. The molecule has 2 aromatic rings. The fourth-order valence-corrected chi connectivity index (χ4v) is 5.44. The first-order valence-electron chi connectivity index (χ1n) is 8.49. The van der Waals surface area contributed by atoms with Crippen molar-refractivity contribution in [2.75, 3.05) is 31.1 Å². The molecular formula is C16H22N6O2S. The zero-order chi connectivity index (χ0) is 17.5. The van der Waals surface area contributed by atoms with Gasteiger partial charge in [-0.1, -0.05) is 0 Å². The van der Waals surface area contributed by atoms with Crippen molar-refractivity contribution in [3.05, 3.63) is 31.0 Å². The molecule has 0 unspecified atom stereocenters. The van der Waals surface area contributed by atoms with E-state index >= 15 is 0 Å². The lowest BCUT2D eigenvalue weighted by atomic mass is 9.79. The Labute approximate surface area is 147 Å². The van der Waals surface area contributed by atoms with Gasteiger partial charge in [-0.2, -0.15) is 4.31 Å². The smallest absolute Gasteiger partial charge is 0.262 e. The van der Waals surface area contributed by atoms with Crippen LogP contribution in [0.2, 0.25) is 0 Å². The highest BCUT2D eigenvalue weighted by Gasteiger charge is 2.46. The third-order valence-corrected chi connectivity index (χ3v) is 6.92. The van der Waals surface area contributed by atoms with Crippen LogP contribution in [0.15, 0.2) is 36.0 Å². The SMILES string of the molecule is Cn1cnc(S(=O)(=O)N2CC[C@@]3(CCCN(c4ncccn4)C3)C2)c1. The molecule has 2 saturated heterocycles. The van der Waals surface area contributed by atoms with Crippen molar-refractivity contribution in [2.45, 2.75) is 24.3 Å². The number of imidazole rings is 1. The van der Waals surface area contributed by atoms with Crippen molar-refractivity contribution in [1.82, 2.24) is 23.8 Å². The highest BCUT2D eigenvalue weighted by atomic mass is 32.2. The number of hydrogen-bond donors (Lipinski definition) is 0. The van der Waals surface area contributed by atoms with E-state index in [9.17, 15) is 8.42 Å². The van der Waals surface area contributed by atoms with Gasteiger partial charge in [-0.05, 0) is 25.3 Å². The molecular weight excluding hydrogens is 340 g/mol. The van der Waals surface area contributed by atoms with Gasteiger partial charge < -0.3 is 9.47 Å². The van der Waals surface area contributed by atoms with Crippen molar-refractivity contribution in [1.29, 1.82) is 0 Å². The average Bonchev–Trinajstić information content (AvgIpc) is 3.23. The van der Waals surface area contributed by atoms with Gasteiger partial charge in [0.2, 0.25) is 5.95 Å². The van der Waals surface area contributed by atoms with Gasteiger partial charge in [-0.15, -0.1) is 0 Å². The van der Waals surface area contributed by atoms with Crippen LogP contribution in [0.25, 0.3) is 0 Å². The molecule has 0 radical (unpaired) electrons. The van der Waals surface area contributed by atoms with E-state index in [2.05, 4.69) is 19.9 Å². The Kier molecular flexibility index (Phi) is 3.99. The van der Waals surface area contributed by atoms with Crippen LogP contribution in [-0.2, 0) is 17.1 Å². The minimum absolute atomic E-state index is 0.0285. The number of aromatic nitrogens is 4. The number of anilines is 1. The number of sulfonamides is 1. The molecule has 2 fully saturated rings. The van der Waals surface area contributed by atoms with E-state index in [1.54, 1.807) is 40.6 Å². The van der Waals surface area contributed by atoms with Gasteiger partial charge in [0.1, 0.15) is 0 Å². The maximum Gasteiger partial charge on any atom is 0.262 e. The van der Waals surface area contributed by atoms with Gasteiger partial charge in [-0.3, -0.25) is 0 Å². The highest BCUT2D eigenvalue weighted by molar-refractivity contribution is 7.89. The number of aryl methyl sites for hydroxylation is 1. The first-order valence-corrected chi connectivity index (χ1v) is 9.93. The lowest BCUT2D eigenvalue weighted by Crippen LogP contribution is -2.46. The number of hydrogen-bond acceptors (Lipinski definition) is 6. The Bertz CT molecular complexity index is 853. The summed E-state index contributed by atoms with van der Waals surface area (Å²) in [5.41, 5.74) is -0.0285. The van der Waals surface area contributed by atoms with E-state index in [4.69, 9.17) is 0 Å². The van der Waals surface area contributed by atoms with Crippen LogP contribution < -0.4 is 4.90 Å². The first-order chi connectivity index (χ1) is 12.0.